The van der Waals surface area contributed by atoms with E-state index in [1.165, 1.54) is 22.3 Å². The van der Waals surface area contributed by atoms with Crippen molar-refractivity contribution < 1.29 is 41.8 Å². The molecule has 0 spiro atoms. The Balaban J connectivity index is 1.18. The summed E-state index contributed by atoms with van der Waals surface area (Å²) in [6, 6.07) is 8.85. The van der Waals surface area contributed by atoms with Gasteiger partial charge in [0.1, 0.15) is 35.5 Å². The Morgan fingerprint density at radius 2 is 1.75 bits per heavy atom. The number of thiophene rings is 1. The predicted octanol–water partition coefficient (Wildman–Crippen LogP) is 3.70. The lowest BCUT2D eigenvalue weighted by Gasteiger charge is -2.35. The number of benzene rings is 1. The van der Waals surface area contributed by atoms with Gasteiger partial charge in [-0.05, 0) is 48.3 Å². The maximum Gasteiger partial charge on any atom is 0.408 e. The molecular formula is C38H46N6O9S2. The normalized spacial score (nSPS) is 24.8. The zero-order valence-corrected chi connectivity index (χ0v) is 32.6. The maximum atomic E-state index is 14.7. The average Bonchev–Trinajstić information content (AvgIpc) is 4.02. The number of ether oxygens (including phenoxy) is 3. The Bertz CT molecular complexity index is 2080. The topological polar surface area (TPSA) is 195 Å². The third-order valence-electron chi connectivity index (χ3n) is 10.5. The van der Waals surface area contributed by atoms with Crippen LogP contribution in [0.1, 0.15) is 59.3 Å². The van der Waals surface area contributed by atoms with Gasteiger partial charge in [-0.2, -0.15) is 0 Å². The lowest BCUT2D eigenvalue weighted by molar-refractivity contribution is -0.143. The van der Waals surface area contributed by atoms with Crippen LogP contribution in [0.15, 0.2) is 54.4 Å². The van der Waals surface area contributed by atoms with Crippen LogP contribution in [0.4, 0.5) is 4.79 Å². The Labute approximate surface area is 323 Å². The Hall–Kier alpha value is -4.61. The molecule has 2 saturated heterocycles. The number of fused-ring (bicyclic) bond motifs is 1. The minimum absolute atomic E-state index is 0.00380. The molecule has 2 saturated carbocycles. The highest BCUT2D eigenvalue weighted by Gasteiger charge is 2.62. The van der Waals surface area contributed by atoms with Gasteiger partial charge in [-0.15, -0.1) is 17.9 Å². The highest BCUT2D eigenvalue weighted by molar-refractivity contribution is 7.91. The van der Waals surface area contributed by atoms with E-state index >= 15 is 0 Å². The second kappa shape index (κ2) is 15.1. The molecule has 4 fully saturated rings. The zero-order valence-electron chi connectivity index (χ0n) is 31.0. The molecule has 4 amide bonds. The molecule has 2 aromatic heterocycles. The third-order valence-corrected chi connectivity index (χ3v) is 13.2. The first-order chi connectivity index (χ1) is 26.2. The van der Waals surface area contributed by atoms with Crippen LogP contribution >= 0.6 is 11.3 Å². The van der Waals surface area contributed by atoms with Crippen molar-refractivity contribution in [1.82, 2.24) is 30.2 Å². The number of carbonyl (C=O) groups is 4. The Morgan fingerprint density at radius 3 is 2.36 bits per heavy atom. The van der Waals surface area contributed by atoms with Crippen LogP contribution in [0.2, 0.25) is 0 Å². The standard InChI is InChI=1S/C38H46N6O9S2/c1-5-22-20-38(22,35(47)43-55(49,50)25-12-13-25)42-32(45)28-19-24(52-33-30(29-11-8-18-54-29)39-26-9-6-7-10-27(26)40-33)21-44(28)34(46)31(37(2,3)4)41-36(48)53-23-14-16-51-17-15-23/h5-11,18,22-25,28,31H,1,12-17,19-21H2,2-4H3,(H,41,48)(H,42,45)(H,43,47)/t22-,24-,28+,31-,38?/m1/s1. The van der Waals surface area contributed by atoms with Crippen molar-refractivity contribution in [2.45, 2.75) is 94.4 Å². The number of alkyl carbamates (subject to hydrolysis) is 1. The van der Waals surface area contributed by atoms with E-state index in [9.17, 15) is 27.6 Å². The number of amides is 4. The van der Waals surface area contributed by atoms with Crippen molar-refractivity contribution in [3.63, 3.8) is 0 Å². The van der Waals surface area contributed by atoms with E-state index in [0.717, 1.165) is 4.88 Å². The van der Waals surface area contributed by atoms with Crippen LogP contribution in [0.25, 0.3) is 21.6 Å². The van der Waals surface area contributed by atoms with Crippen LogP contribution in [0, 0.1) is 11.3 Å². The number of hydrogen-bond donors (Lipinski definition) is 3. The molecule has 4 heterocycles. The van der Waals surface area contributed by atoms with Crippen LogP contribution in [-0.2, 0) is 33.9 Å². The summed E-state index contributed by atoms with van der Waals surface area (Å²) in [5, 5.41) is 6.83. The summed E-state index contributed by atoms with van der Waals surface area (Å²) in [7, 11) is -3.91. The Morgan fingerprint density at radius 1 is 1.04 bits per heavy atom. The fraction of sp³-hybridized carbons (Fsp3) is 0.526. The van der Waals surface area contributed by atoms with Gasteiger partial charge in [-0.25, -0.2) is 23.2 Å². The molecule has 0 radical (unpaired) electrons. The summed E-state index contributed by atoms with van der Waals surface area (Å²) in [6.45, 7) is 10.0. The molecule has 7 rings (SSSR count). The molecule has 3 N–H and O–H groups in total. The number of sulfonamides is 1. The van der Waals surface area contributed by atoms with Crippen LogP contribution in [-0.4, -0.2) is 102 Å². The van der Waals surface area contributed by atoms with Crippen LogP contribution in [0.5, 0.6) is 5.88 Å². The molecule has 17 heteroatoms. The summed E-state index contributed by atoms with van der Waals surface area (Å²) >= 11 is 1.46. The van der Waals surface area contributed by atoms with E-state index in [4.69, 9.17) is 24.2 Å². The highest BCUT2D eigenvalue weighted by Crippen LogP contribution is 2.46. The number of likely N-dealkylation sites (tertiary alicyclic amines) is 1. The molecule has 4 aliphatic rings. The highest BCUT2D eigenvalue weighted by atomic mass is 32.2. The summed E-state index contributed by atoms with van der Waals surface area (Å²) in [6.07, 6.45) is 1.70. The number of nitrogens with zero attached hydrogens (tertiary/aromatic N) is 3. The molecule has 0 bridgehead atoms. The van der Waals surface area contributed by atoms with Gasteiger partial charge >= 0.3 is 6.09 Å². The number of aromatic nitrogens is 2. The molecule has 2 aliphatic heterocycles. The van der Waals surface area contributed by atoms with Gasteiger partial charge in [-0.1, -0.05) is 45.0 Å². The van der Waals surface area contributed by atoms with Crippen molar-refractivity contribution in [3.8, 4) is 16.5 Å². The first-order valence-corrected chi connectivity index (χ1v) is 20.9. The first kappa shape index (κ1) is 38.7. The van der Waals surface area contributed by atoms with Gasteiger partial charge in [0.15, 0.2) is 0 Å². The van der Waals surface area contributed by atoms with E-state index < -0.39 is 74.1 Å². The number of rotatable bonds is 12. The molecular weight excluding hydrogens is 749 g/mol. The van der Waals surface area contributed by atoms with Crippen molar-refractivity contribution in [1.29, 1.82) is 0 Å². The van der Waals surface area contributed by atoms with Gasteiger partial charge < -0.3 is 29.7 Å². The van der Waals surface area contributed by atoms with Crippen LogP contribution in [0.3, 0.4) is 0 Å². The van der Waals surface area contributed by atoms with E-state index in [0.29, 0.717) is 55.6 Å². The van der Waals surface area contributed by atoms with Crippen molar-refractivity contribution in [2.75, 3.05) is 19.8 Å². The average molecular weight is 795 g/mol. The third kappa shape index (κ3) is 8.33. The molecule has 1 aromatic carbocycles. The van der Waals surface area contributed by atoms with E-state index in [1.807, 2.05) is 41.8 Å². The molecule has 294 valence electrons. The van der Waals surface area contributed by atoms with Gasteiger partial charge in [0, 0.05) is 25.2 Å². The van der Waals surface area contributed by atoms with Crippen molar-refractivity contribution in [2.24, 2.45) is 11.3 Å². The fourth-order valence-electron chi connectivity index (χ4n) is 7.10. The number of nitrogens with one attached hydrogen (secondary N) is 3. The summed E-state index contributed by atoms with van der Waals surface area (Å²) in [5.74, 6) is -2.40. The van der Waals surface area contributed by atoms with Gasteiger partial charge in [-0.3, -0.25) is 19.1 Å². The summed E-state index contributed by atoms with van der Waals surface area (Å²) in [5.41, 5.74) is -0.635. The SMILES string of the molecule is C=C[C@@H]1CC1(NC(=O)[C@@H]1C[C@@H](Oc2nc3ccccc3nc2-c2cccs2)CN1C(=O)[C@@H](NC(=O)OC1CCOCC1)C(C)(C)C)C(=O)NS(=O)(=O)C1CC1. The largest absolute Gasteiger partial charge is 0.471 e. The fourth-order valence-corrected chi connectivity index (χ4v) is 9.17. The van der Waals surface area contributed by atoms with Crippen molar-refractivity contribution in [3.05, 3.63) is 54.4 Å². The molecule has 2 aliphatic carbocycles. The quantitative estimate of drug-likeness (QED) is 0.226. The number of hydrogen-bond acceptors (Lipinski definition) is 12. The second-order valence-electron chi connectivity index (χ2n) is 15.7. The monoisotopic (exact) mass is 794 g/mol. The first-order valence-electron chi connectivity index (χ1n) is 18.5. The lowest BCUT2D eigenvalue weighted by Crippen LogP contribution is -2.60. The molecule has 55 heavy (non-hydrogen) atoms. The predicted molar refractivity (Wildman–Crippen MR) is 203 cm³/mol. The smallest absolute Gasteiger partial charge is 0.408 e. The maximum absolute atomic E-state index is 14.7. The van der Waals surface area contributed by atoms with Gasteiger partial charge in [0.25, 0.3) is 5.91 Å². The van der Waals surface area contributed by atoms with E-state index in [-0.39, 0.29) is 31.4 Å². The summed E-state index contributed by atoms with van der Waals surface area (Å²) < 4.78 is 45.2. The number of para-hydroxylation sites is 2. The zero-order chi connectivity index (χ0) is 39.1. The van der Waals surface area contributed by atoms with E-state index in [1.54, 1.807) is 20.8 Å². The van der Waals surface area contributed by atoms with Crippen LogP contribution < -0.4 is 20.1 Å². The minimum Gasteiger partial charge on any atom is -0.471 e. The second-order valence-corrected chi connectivity index (χ2v) is 18.6. The molecule has 1 unspecified atom stereocenters. The van der Waals surface area contributed by atoms with Crippen molar-refractivity contribution >= 4 is 56.2 Å². The van der Waals surface area contributed by atoms with E-state index in [2.05, 4.69) is 21.9 Å². The van der Waals surface area contributed by atoms with Gasteiger partial charge in [0.2, 0.25) is 27.7 Å². The molecule has 15 nitrogen and oxygen atoms in total. The lowest BCUT2D eigenvalue weighted by atomic mass is 9.85. The minimum atomic E-state index is -3.91. The number of carbonyl (C=O) groups excluding carboxylic acids is 4. The molecule has 3 aromatic rings. The summed E-state index contributed by atoms with van der Waals surface area (Å²) in [4.78, 5) is 67.6. The Kier molecular flexibility index (Phi) is 10.6. The molecule has 5 atom stereocenters. The van der Waals surface area contributed by atoms with Gasteiger partial charge in [0.05, 0.1) is 40.9 Å².